The summed E-state index contributed by atoms with van der Waals surface area (Å²) in [5.74, 6) is -1.76. The number of rotatable bonds is 1. The molecule has 0 bridgehead atoms. The molecule has 0 atom stereocenters. The second-order valence-corrected chi connectivity index (χ2v) is 5.91. The Labute approximate surface area is 127 Å². The van der Waals surface area contributed by atoms with E-state index < -0.39 is 18.0 Å². The number of alkyl halides is 3. The Morgan fingerprint density at radius 3 is 2.50 bits per heavy atom. The highest BCUT2D eigenvalue weighted by Crippen LogP contribution is 2.34. The number of halogens is 5. The van der Waals surface area contributed by atoms with Crippen LogP contribution in [0.3, 0.4) is 0 Å². The fraction of sp³-hybridized carbons (Fsp3) is 0.500. The number of carbonyl (C=O) groups is 1. The van der Waals surface area contributed by atoms with E-state index >= 15 is 0 Å². The lowest BCUT2D eigenvalue weighted by atomic mass is 9.96. The van der Waals surface area contributed by atoms with Crippen LogP contribution >= 0.6 is 27.5 Å². The average molecular weight is 372 g/mol. The highest BCUT2D eigenvalue weighted by Gasteiger charge is 2.42. The van der Waals surface area contributed by atoms with E-state index in [0.717, 1.165) is 0 Å². The molecule has 1 saturated heterocycles. The van der Waals surface area contributed by atoms with Crippen LogP contribution in [0.25, 0.3) is 0 Å². The Hall–Kier alpha value is -0.820. The van der Waals surface area contributed by atoms with Crippen LogP contribution in [0.1, 0.15) is 23.3 Å². The maximum Gasteiger partial charge on any atom is 0.391 e. The number of hydrogen-bond donors (Lipinski definition) is 0. The smallest absolute Gasteiger partial charge is 0.337 e. The van der Waals surface area contributed by atoms with Crippen LogP contribution < -0.4 is 0 Å². The molecule has 1 aliphatic heterocycles. The summed E-state index contributed by atoms with van der Waals surface area (Å²) in [4.78, 5) is 17.5. The number of hydrogen-bond acceptors (Lipinski definition) is 2. The molecule has 1 aliphatic rings. The third-order valence-electron chi connectivity index (χ3n) is 3.26. The summed E-state index contributed by atoms with van der Waals surface area (Å²) >= 11 is 9.10. The van der Waals surface area contributed by atoms with Gasteiger partial charge in [0, 0.05) is 23.8 Å². The van der Waals surface area contributed by atoms with Crippen molar-refractivity contribution in [3.05, 3.63) is 27.5 Å². The summed E-state index contributed by atoms with van der Waals surface area (Å²) in [7, 11) is 0. The van der Waals surface area contributed by atoms with Crippen molar-refractivity contribution in [2.75, 3.05) is 13.1 Å². The molecule has 20 heavy (non-hydrogen) atoms. The number of piperidine rings is 1. The lowest BCUT2D eigenvalue weighted by Crippen LogP contribution is -2.42. The van der Waals surface area contributed by atoms with Crippen molar-refractivity contribution in [1.29, 1.82) is 0 Å². The van der Waals surface area contributed by atoms with E-state index in [1.807, 2.05) is 0 Å². The first kappa shape index (κ1) is 15.6. The van der Waals surface area contributed by atoms with E-state index in [4.69, 9.17) is 11.6 Å². The Balaban J connectivity index is 2.05. The molecule has 0 aliphatic carbocycles. The fourth-order valence-corrected chi connectivity index (χ4v) is 2.84. The topological polar surface area (TPSA) is 33.2 Å². The molecule has 0 aromatic carbocycles. The van der Waals surface area contributed by atoms with Gasteiger partial charge in [-0.15, -0.1) is 0 Å². The van der Waals surface area contributed by atoms with Gasteiger partial charge in [-0.2, -0.15) is 13.2 Å². The van der Waals surface area contributed by atoms with Crippen LogP contribution in [-0.2, 0) is 0 Å². The third-order valence-corrected chi connectivity index (χ3v) is 3.98. The van der Waals surface area contributed by atoms with Crippen molar-refractivity contribution in [2.24, 2.45) is 5.92 Å². The molecule has 0 spiro atoms. The minimum absolute atomic E-state index is 0.0666. The Morgan fingerprint density at radius 1 is 1.40 bits per heavy atom. The van der Waals surface area contributed by atoms with Crippen LogP contribution in [0.2, 0.25) is 5.02 Å². The Kier molecular flexibility index (Phi) is 4.59. The molecule has 1 aromatic heterocycles. The minimum atomic E-state index is -4.19. The molecular weight excluding hydrogens is 360 g/mol. The SMILES string of the molecule is O=C(c1ncc(Br)cc1Cl)N1CCC(C(F)(F)F)CC1. The van der Waals surface area contributed by atoms with Gasteiger partial charge in [-0.3, -0.25) is 4.79 Å². The van der Waals surface area contributed by atoms with Gasteiger partial charge in [0.2, 0.25) is 0 Å². The molecule has 0 radical (unpaired) electrons. The first-order valence-electron chi connectivity index (χ1n) is 5.96. The number of nitrogens with zero attached hydrogens (tertiary/aromatic N) is 2. The zero-order valence-electron chi connectivity index (χ0n) is 10.3. The van der Waals surface area contributed by atoms with Crippen LogP contribution in [-0.4, -0.2) is 35.1 Å². The fourth-order valence-electron chi connectivity index (χ4n) is 2.13. The largest absolute Gasteiger partial charge is 0.391 e. The first-order chi connectivity index (χ1) is 9.29. The van der Waals surface area contributed by atoms with Crippen molar-refractivity contribution in [3.8, 4) is 0 Å². The summed E-state index contributed by atoms with van der Waals surface area (Å²) in [5, 5.41) is 0.183. The van der Waals surface area contributed by atoms with Gasteiger partial charge in [0.25, 0.3) is 5.91 Å². The van der Waals surface area contributed by atoms with Gasteiger partial charge in [-0.25, -0.2) is 4.98 Å². The standard InChI is InChI=1S/C12H11BrClF3N2O/c13-8-5-9(14)10(18-6-8)11(20)19-3-1-7(2-4-19)12(15,16)17/h5-7H,1-4H2. The van der Waals surface area contributed by atoms with Gasteiger partial charge in [-0.05, 0) is 34.8 Å². The van der Waals surface area contributed by atoms with E-state index in [1.165, 1.54) is 17.2 Å². The summed E-state index contributed by atoms with van der Waals surface area (Å²) in [6.07, 6.45) is -2.92. The summed E-state index contributed by atoms with van der Waals surface area (Å²) in [6.45, 7) is 0.133. The summed E-state index contributed by atoms with van der Waals surface area (Å²) in [6, 6.07) is 1.53. The normalized spacial score (nSPS) is 17.4. The van der Waals surface area contributed by atoms with Gasteiger partial charge >= 0.3 is 6.18 Å². The molecule has 2 rings (SSSR count). The lowest BCUT2D eigenvalue weighted by Gasteiger charge is -2.32. The number of pyridine rings is 1. The Bertz CT molecular complexity index is 516. The molecule has 1 fully saturated rings. The van der Waals surface area contributed by atoms with E-state index in [1.54, 1.807) is 0 Å². The first-order valence-corrected chi connectivity index (χ1v) is 7.13. The van der Waals surface area contributed by atoms with E-state index in [2.05, 4.69) is 20.9 Å². The summed E-state index contributed by atoms with van der Waals surface area (Å²) in [5.41, 5.74) is 0.0697. The van der Waals surface area contributed by atoms with Gasteiger partial charge in [0.1, 0.15) is 5.69 Å². The molecule has 0 unspecified atom stereocenters. The highest BCUT2D eigenvalue weighted by molar-refractivity contribution is 9.10. The zero-order chi connectivity index (χ0) is 14.9. The maximum absolute atomic E-state index is 12.6. The van der Waals surface area contributed by atoms with Crippen molar-refractivity contribution >= 4 is 33.4 Å². The lowest BCUT2D eigenvalue weighted by molar-refractivity contribution is -0.183. The van der Waals surface area contributed by atoms with E-state index in [-0.39, 0.29) is 36.6 Å². The molecule has 8 heteroatoms. The predicted molar refractivity (Wildman–Crippen MR) is 71.6 cm³/mol. The Morgan fingerprint density at radius 2 is 2.00 bits per heavy atom. The minimum Gasteiger partial charge on any atom is -0.337 e. The van der Waals surface area contributed by atoms with Crippen molar-refractivity contribution in [2.45, 2.75) is 19.0 Å². The molecule has 2 heterocycles. The third kappa shape index (κ3) is 3.44. The summed E-state index contributed by atoms with van der Waals surface area (Å²) < 4.78 is 38.3. The van der Waals surface area contributed by atoms with Crippen molar-refractivity contribution in [3.63, 3.8) is 0 Å². The predicted octanol–water partition coefficient (Wildman–Crippen LogP) is 3.91. The zero-order valence-corrected chi connectivity index (χ0v) is 12.6. The van der Waals surface area contributed by atoms with Crippen LogP contribution in [0.5, 0.6) is 0 Å². The van der Waals surface area contributed by atoms with Gasteiger partial charge in [0.05, 0.1) is 10.9 Å². The number of likely N-dealkylation sites (tertiary alicyclic amines) is 1. The second kappa shape index (κ2) is 5.89. The number of amides is 1. The molecular formula is C12H11BrClF3N2O. The van der Waals surface area contributed by atoms with Crippen LogP contribution in [0.4, 0.5) is 13.2 Å². The molecule has 3 nitrogen and oxygen atoms in total. The number of aromatic nitrogens is 1. The molecule has 1 aromatic rings. The van der Waals surface area contributed by atoms with Gasteiger partial charge in [-0.1, -0.05) is 11.6 Å². The van der Waals surface area contributed by atoms with Gasteiger partial charge in [0.15, 0.2) is 0 Å². The molecule has 0 N–H and O–H groups in total. The highest BCUT2D eigenvalue weighted by atomic mass is 79.9. The van der Waals surface area contributed by atoms with Gasteiger partial charge < -0.3 is 4.90 Å². The van der Waals surface area contributed by atoms with Crippen molar-refractivity contribution < 1.29 is 18.0 Å². The number of carbonyl (C=O) groups excluding carboxylic acids is 1. The molecule has 110 valence electrons. The maximum atomic E-state index is 12.6. The van der Waals surface area contributed by atoms with Crippen molar-refractivity contribution in [1.82, 2.24) is 9.88 Å². The molecule has 0 saturated carbocycles. The second-order valence-electron chi connectivity index (χ2n) is 4.59. The molecule has 1 amide bonds. The van der Waals surface area contributed by atoms with Crippen LogP contribution in [0.15, 0.2) is 16.7 Å². The van der Waals surface area contributed by atoms with E-state index in [0.29, 0.717) is 4.47 Å². The van der Waals surface area contributed by atoms with E-state index in [9.17, 15) is 18.0 Å². The van der Waals surface area contributed by atoms with Crippen LogP contribution in [0, 0.1) is 5.92 Å². The monoisotopic (exact) mass is 370 g/mol. The average Bonchev–Trinajstić information content (AvgIpc) is 2.37. The quantitative estimate of drug-likeness (QED) is 0.750.